The fraction of sp³-hybridized carbons (Fsp3) is 0.238. The van der Waals surface area contributed by atoms with E-state index in [4.69, 9.17) is 16.5 Å². The lowest BCUT2D eigenvalue weighted by atomic mass is 10.0. The Morgan fingerprint density at radius 2 is 1.96 bits per heavy atom. The van der Waals surface area contributed by atoms with Gasteiger partial charge in [-0.3, -0.25) is 9.41 Å². The quantitative estimate of drug-likeness (QED) is 0.520. The molecule has 2 aromatic carbocycles. The number of nitrogens with zero attached hydrogens (tertiary/aromatic N) is 2. The number of halogens is 2. The van der Waals surface area contributed by atoms with Gasteiger partial charge in [-0.15, -0.1) is 0 Å². The number of hydrogen-bond donors (Lipinski definition) is 1. The number of ether oxygens (including phenoxy) is 1. The van der Waals surface area contributed by atoms with Gasteiger partial charge in [-0.2, -0.15) is 0 Å². The number of unbranched alkanes of at least 4 members (excludes halogenated alkanes) is 1. The van der Waals surface area contributed by atoms with E-state index in [9.17, 15) is 14.3 Å². The third-order valence-electron chi connectivity index (χ3n) is 4.33. The molecule has 0 amide bonds. The fourth-order valence-electron chi connectivity index (χ4n) is 2.86. The van der Waals surface area contributed by atoms with E-state index >= 15 is 0 Å². The third-order valence-corrected chi connectivity index (χ3v) is 4.69. The molecule has 0 fully saturated rings. The molecule has 1 N–H and O–H groups in total. The highest BCUT2D eigenvalue weighted by Gasteiger charge is 2.31. The molecule has 1 aliphatic heterocycles. The molecular weight excluding hydrogens is 383 g/mol. The molecule has 1 unspecified atom stereocenters. The summed E-state index contributed by atoms with van der Waals surface area (Å²) in [7, 11) is 0. The number of benzene rings is 2. The number of hydrogen-bond acceptors (Lipinski definition) is 4. The summed E-state index contributed by atoms with van der Waals surface area (Å²) in [5.74, 6) is -1.06. The minimum atomic E-state index is -1.23. The Hall–Kier alpha value is -2.86. The van der Waals surface area contributed by atoms with Crippen LogP contribution in [0.2, 0.25) is 0 Å². The molecule has 0 saturated carbocycles. The van der Waals surface area contributed by atoms with Crippen molar-refractivity contribution in [3.8, 4) is 5.75 Å². The summed E-state index contributed by atoms with van der Waals surface area (Å²) >= 11 is 6.47. The number of carbonyl (C=O) groups is 1. The largest absolute Gasteiger partial charge is 0.494 e. The molecule has 1 heterocycles. The lowest BCUT2D eigenvalue weighted by Gasteiger charge is -2.30. The van der Waals surface area contributed by atoms with Crippen LogP contribution >= 0.6 is 11.8 Å². The highest BCUT2D eigenvalue weighted by Crippen LogP contribution is 2.38. The van der Waals surface area contributed by atoms with Gasteiger partial charge in [0.2, 0.25) is 0 Å². The van der Waals surface area contributed by atoms with Gasteiger partial charge in [-0.05, 0) is 36.2 Å². The van der Waals surface area contributed by atoms with E-state index in [-0.39, 0.29) is 16.8 Å². The SMILES string of the molecule is CCCCOc1ccc(C2N=CC(C(=O)O)=C(c3ccccc3F)N2Cl)cc1. The standard InChI is InChI=1S/C21H20ClFN2O3/c1-2-3-12-28-15-10-8-14(9-11-15)20-24-13-17(21(26)27)19(25(20)22)16-6-4-5-7-18(16)23/h4-11,13,20H,2-3,12H2,1H3,(H,26,27). The van der Waals surface area contributed by atoms with E-state index < -0.39 is 18.0 Å². The molecule has 7 heteroatoms. The molecular formula is C21H20ClFN2O3. The second-order valence-electron chi connectivity index (χ2n) is 6.28. The van der Waals surface area contributed by atoms with E-state index in [1.807, 2.05) is 24.3 Å². The van der Waals surface area contributed by atoms with E-state index in [1.54, 1.807) is 6.07 Å². The van der Waals surface area contributed by atoms with Crippen LogP contribution < -0.4 is 4.74 Å². The Labute approximate surface area is 167 Å². The number of carboxylic acids is 1. The molecule has 0 saturated heterocycles. The zero-order valence-electron chi connectivity index (χ0n) is 15.3. The van der Waals surface area contributed by atoms with Crippen LogP contribution in [0.3, 0.4) is 0 Å². The highest BCUT2D eigenvalue weighted by molar-refractivity contribution is 6.24. The van der Waals surface area contributed by atoms with E-state index in [0.717, 1.165) is 28.6 Å². The summed E-state index contributed by atoms with van der Waals surface area (Å²) in [5.41, 5.74) is 0.726. The maximum absolute atomic E-state index is 14.3. The third kappa shape index (κ3) is 4.17. The minimum absolute atomic E-state index is 0.0653. The minimum Gasteiger partial charge on any atom is -0.494 e. The molecule has 0 aromatic heterocycles. The van der Waals surface area contributed by atoms with Crippen molar-refractivity contribution in [1.82, 2.24) is 4.42 Å². The summed E-state index contributed by atoms with van der Waals surface area (Å²) in [6.45, 7) is 2.73. The van der Waals surface area contributed by atoms with Gasteiger partial charge in [0, 0.05) is 23.6 Å². The topological polar surface area (TPSA) is 62.1 Å². The van der Waals surface area contributed by atoms with E-state index in [1.165, 1.54) is 24.4 Å². The van der Waals surface area contributed by atoms with Crippen molar-refractivity contribution in [3.05, 3.63) is 71.0 Å². The summed E-state index contributed by atoms with van der Waals surface area (Å²) in [6.07, 6.45) is 2.55. The molecule has 0 spiro atoms. The maximum atomic E-state index is 14.3. The predicted octanol–water partition coefficient (Wildman–Crippen LogP) is 5.04. The number of rotatable bonds is 7. The van der Waals surface area contributed by atoms with Gasteiger partial charge in [0.15, 0.2) is 6.17 Å². The van der Waals surface area contributed by atoms with Crippen molar-refractivity contribution < 1.29 is 19.0 Å². The van der Waals surface area contributed by atoms with Crippen LogP contribution in [-0.2, 0) is 4.79 Å². The zero-order valence-corrected chi connectivity index (χ0v) is 16.1. The summed E-state index contributed by atoms with van der Waals surface area (Å²) in [4.78, 5) is 15.9. The lowest BCUT2D eigenvalue weighted by Crippen LogP contribution is -2.25. The Bertz CT molecular complexity index is 912. The summed E-state index contributed by atoms with van der Waals surface area (Å²) < 4.78 is 21.2. The molecule has 0 bridgehead atoms. The summed E-state index contributed by atoms with van der Waals surface area (Å²) in [6, 6.07) is 13.1. The number of aliphatic carboxylic acids is 1. The fourth-order valence-corrected chi connectivity index (χ4v) is 3.20. The molecule has 5 nitrogen and oxygen atoms in total. The predicted molar refractivity (Wildman–Crippen MR) is 107 cm³/mol. The number of carboxylic acid groups (broad SMARTS) is 1. The lowest BCUT2D eigenvalue weighted by molar-refractivity contribution is -0.132. The van der Waals surface area contributed by atoms with Crippen LogP contribution in [0.1, 0.15) is 37.1 Å². The van der Waals surface area contributed by atoms with Crippen LogP contribution in [0, 0.1) is 5.82 Å². The average molecular weight is 403 g/mol. The first-order chi connectivity index (χ1) is 13.5. The van der Waals surface area contributed by atoms with Crippen molar-refractivity contribution in [3.63, 3.8) is 0 Å². The molecule has 2 aromatic rings. The Morgan fingerprint density at radius 3 is 2.61 bits per heavy atom. The second-order valence-corrected chi connectivity index (χ2v) is 6.65. The summed E-state index contributed by atoms with van der Waals surface area (Å²) in [5, 5.41) is 9.50. The Morgan fingerprint density at radius 1 is 1.25 bits per heavy atom. The van der Waals surface area contributed by atoms with Crippen molar-refractivity contribution in [2.24, 2.45) is 4.99 Å². The van der Waals surface area contributed by atoms with Crippen LogP contribution in [0.4, 0.5) is 4.39 Å². The first-order valence-electron chi connectivity index (χ1n) is 8.96. The van der Waals surface area contributed by atoms with Gasteiger partial charge < -0.3 is 9.84 Å². The maximum Gasteiger partial charge on any atom is 0.339 e. The van der Waals surface area contributed by atoms with Gasteiger partial charge >= 0.3 is 5.97 Å². The first kappa shape index (κ1) is 19.9. The van der Waals surface area contributed by atoms with Gasteiger partial charge in [0.1, 0.15) is 17.1 Å². The van der Waals surface area contributed by atoms with Crippen LogP contribution in [0.25, 0.3) is 5.70 Å². The molecule has 0 aliphatic carbocycles. The van der Waals surface area contributed by atoms with E-state index in [0.29, 0.717) is 6.61 Å². The molecule has 1 aliphatic rings. The Balaban J connectivity index is 1.91. The van der Waals surface area contributed by atoms with Crippen LogP contribution in [0.5, 0.6) is 5.75 Å². The van der Waals surface area contributed by atoms with E-state index in [2.05, 4.69) is 11.9 Å². The molecule has 0 radical (unpaired) electrons. The molecule has 1 atom stereocenters. The molecule has 3 rings (SSSR count). The monoisotopic (exact) mass is 402 g/mol. The highest BCUT2D eigenvalue weighted by atomic mass is 35.5. The number of aliphatic imine (C=N–C) groups is 1. The average Bonchev–Trinajstić information content (AvgIpc) is 2.69. The second kappa shape index (κ2) is 8.89. The zero-order chi connectivity index (χ0) is 20.1. The first-order valence-corrected chi connectivity index (χ1v) is 9.30. The van der Waals surface area contributed by atoms with Gasteiger partial charge in [-0.25, -0.2) is 9.18 Å². The normalized spacial score (nSPS) is 16.4. The van der Waals surface area contributed by atoms with Crippen molar-refractivity contribution in [2.75, 3.05) is 6.61 Å². The molecule has 28 heavy (non-hydrogen) atoms. The molecule has 146 valence electrons. The van der Waals surface area contributed by atoms with Crippen LogP contribution in [0.15, 0.2) is 59.1 Å². The Kier molecular flexibility index (Phi) is 6.31. The van der Waals surface area contributed by atoms with Gasteiger partial charge in [0.05, 0.1) is 12.3 Å². The van der Waals surface area contributed by atoms with Gasteiger partial charge in [-0.1, -0.05) is 37.6 Å². The van der Waals surface area contributed by atoms with Crippen LogP contribution in [-0.4, -0.2) is 28.3 Å². The smallest absolute Gasteiger partial charge is 0.339 e. The van der Waals surface area contributed by atoms with Gasteiger partial charge in [0.25, 0.3) is 0 Å². The van der Waals surface area contributed by atoms with Crippen molar-refractivity contribution in [2.45, 2.75) is 25.9 Å². The van der Waals surface area contributed by atoms with Crippen molar-refractivity contribution >= 4 is 29.7 Å². The van der Waals surface area contributed by atoms with Crippen molar-refractivity contribution in [1.29, 1.82) is 0 Å².